The van der Waals surface area contributed by atoms with Crippen molar-refractivity contribution in [3.05, 3.63) is 48.5 Å². The molecule has 0 amide bonds. The van der Waals surface area contributed by atoms with Crippen molar-refractivity contribution in [2.45, 2.75) is 32.5 Å². The summed E-state index contributed by atoms with van der Waals surface area (Å²) in [5.41, 5.74) is 2.53. The molecule has 20 heavy (non-hydrogen) atoms. The highest BCUT2D eigenvalue weighted by atomic mass is 15.2. The highest BCUT2D eigenvalue weighted by Crippen LogP contribution is 2.13. The quantitative estimate of drug-likeness (QED) is 0.926. The van der Waals surface area contributed by atoms with E-state index >= 15 is 0 Å². The summed E-state index contributed by atoms with van der Waals surface area (Å²) in [5.74, 6) is 0. The van der Waals surface area contributed by atoms with Crippen LogP contribution in [0.3, 0.4) is 0 Å². The van der Waals surface area contributed by atoms with Crippen LogP contribution >= 0.6 is 0 Å². The molecule has 2 aromatic rings. The predicted octanol–water partition coefficient (Wildman–Crippen LogP) is 2.05. The monoisotopic (exact) mass is 270 g/mol. The minimum Gasteiger partial charge on any atom is -0.309 e. The van der Waals surface area contributed by atoms with E-state index in [2.05, 4.69) is 53.3 Å². The van der Waals surface area contributed by atoms with Crippen molar-refractivity contribution >= 4 is 0 Å². The number of nitrogens with zero attached hydrogens (tertiary/aromatic N) is 3. The summed E-state index contributed by atoms with van der Waals surface area (Å²) >= 11 is 0. The first-order chi connectivity index (χ1) is 9.70. The Morgan fingerprint density at radius 1 is 1.15 bits per heavy atom. The second kappa shape index (κ2) is 5.77. The Kier molecular flexibility index (Phi) is 3.85. The molecule has 1 aliphatic heterocycles. The molecule has 4 heteroatoms. The Morgan fingerprint density at radius 2 is 1.85 bits per heavy atom. The maximum Gasteiger partial charge on any atom is 0.0991 e. The third-order valence-electron chi connectivity index (χ3n) is 3.78. The first-order valence-electron chi connectivity index (χ1n) is 7.26. The van der Waals surface area contributed by atoms with Crippen LogP contribution in [0.15, 0.2) is 43.0 Å². The van der Waals surface area contributed by atoms with Crippen LogP contribution in [-0.4, -0.2) is 39.6 Å². The van der Waals surface area contributed by atoms with Crippen molar-refractivity contribution in [1.29, 1.82) is 0 Å². The first kappa shape index (κ1) is 13.3. The maximum atomic E-state index is 4.08. The molecule has 1 fully saturated rings. The zero-order chi connectivity index (χ0) is 13.9. The van der Waals surface area contributed by atoms with Gasteiger partial charge in [0.1, 0.15) is 0 Å². The molecule has 1 N–H and O–H groups in total. The zero-order valence-corrected chi connectivity index (χ0v) is 12.2. The summed E-state index contributed by atoms with van der Waals surface area (Å²) in [6.07, 6.45) is 5.60. The van der Waals surface area contributed by atoms with Gasteiger partial charge in [-0.2, -0.15) is 0 Å². The van der Waals surface area contributed by atoms with E-state index in [9.17, 15) is 0 Å². The van der Waals surface area contributed by atoms with Gasteiger partial charge in [0.15, 0.2) is 0 Å². The minimum absolute atomic E-state index is 0.573. The van der Waals surface area contributed by atoms with Crippen molar-refractivity contribution in [2.24, 2.45) is 0 Å². The number of rotatable bonds is 3. The zero-order valence-electron chi connectivity index (χ0n) is 12.2. The normalized spacial score (nSPS) is 23.9. The summed E-state index contributed by atoms with van der Waals surface area (Å²) in [5, 5.41) is 3.57. The molecule has 2 heterocycles. The van der Waals surface area contributed by atoms with Crippen LogP contribution in [0.4, 0.5) is 0 Å². The molecule has 0 aliphatic carbocycles. The second-order valence-corrected chi connectivity index (χ2v) is 5.80. The standard InChI is InChI=1S/C16H22N4/c1-13-9-19(10-14(2)18-13)11-15-3-5-16(6-4-15)20-8-7-17-12-20/h3-8,12-14,18H,9-11H2,1-2H3. The predicted molar refractivity (Wildman–Crippen MR) is 80.9 cm³/mol. The van der Waals surface area contributed by atoms with Crippen LogP contribution in [0.1, 0.15) is 19.4 Å². The molecule has 2 atom stereocenters. The fourth-order valence-electron chi connectivity index (χ4n) is 3.01. The fraction of sp³-hybridized carbons (Fsp3) is 0.438. The summed E-state index contributed by atoms with van der Waals surface area (Å²) in [7, 11) is 0. The molecule has 2 unspecified atom stereocenters. The van der Waals surface area contributed by atoms with Crippen molar-refractivity contribution in [3.8, 4) is 5.69 Å². The molecule has 1 aromatic carbocycles. The fourth-order valence-corrected chi connectivity index (χ4v) is 3.01. The molecule has 106 valence electrons. The average Bonchev–Trinajstić information content (AvgIpc) is 2.92. The lowest BCUT2D eigenvalue weighted by atomic mass is 10.1. The number of imidazole rings is 1. The molecule has 0 radical (unpaired) electrons. The molecule has 1 aliphatic rings. The Hall–Kier alpha value is -1.65. The first-order valence-corrected chi connectivity index (χ1v) is 7.26. The lowest BCUT2D eigenvalue weighted by molar-refractivity contribution is 0.166. The number of nitrogens with one attached hydrogen (secondary N) is 1. The van der Waals surface area contributed by atoms with Gasteiger partial charge < -0.3 is 9.88 Å². The van der Waals surface area contributed by atoms with Gasteiger partial charge in [-0.25, -0.2) is 4.98 Å². The summed E-state index contributed by atoms with van der Waals surface area (Å²) in [6, 6.07) is 9.89. The molecular formula is C16H22N4. The van der Waals surface area contributed by atoms with Gasteiger partial charge >= 0.3 is 0 Å². The van der Waals surface area contributed by atoms with Crippen LogP contribution in [0.5, 0.6) is 0 Å². The van der Waals surface area contributed by atoms with Gasteiger partial charge in [0, 0.05) is 49.8 Å². The molecule has 3 rings (SSSR count). The van der Waals surface area contributed by atoms with Crippen LogP contribution < -0.4 is 5.32 Å². The van der Waals surface area contributed by atoms with Gasteiger partial charge in [0.05, 0.1) is 6.33 Å². The molecule has 1 aromatic heterocycles. The van der Waals surface area contributed by atoms with E-state index in [0.29, 0.717) is 12.1 Å². The lowest BCUT2D eigenvalue weighted by Gasteiger charge is -2.36. The number of hydrogen-bond donors (Lipinski definition) is 1. The molecular weight excluding hydrogens is 248 g/mol. The van der Waals surface area contributed by atoms with E-state index in [1.165, 1.54) is 5.56 Å². The summed E-state index contributed by atoms with van der Waals surface area (Å²) in [4.78, 5) is 6.60. The van der Waals surface area contributed by atoms with Crippen molar-refractivity contribution < 1.29 is 0 Å². The van der Waals surface area contributed by atoms with Crippen LogP contribution in [0.2, 0.25) is 0 Å². The second-order valence-electron chi connectivity index (χ2n) is 5.80. The van der Waals surface area contributed by atoms with Gasteiger partial charge in [0.25, 0.3) is 0 Å². The van der Waals surface area contributed by atoms with Gasteiger partial charge in [-0.1, -0.05) is 12.1 Å². The molecule has 0 spiro atoms. The van der Waals surface area contributed by atoms with E-state index in [0.717, 1.165) is 25.3 Å². The van der Waals surface area contributed by atoms with Gasteiger partial charge in [-0.3, -0.25) is 4.90 Å². The van der Waals surface area contributed by atoms with E-state index in [1.54, 1.807) is 6.20 Å². The maximum absolute atomic E-state index is 4.08. The number of aromatic nitrogens is 2. The Morgan fingerprint density at radius 3 is 2.45 bits per heavy atom. The SMILES string of the molecule is CC1CN(Cc2ccc(-n3ccnc3)cc2)CC(C)N1. The minimum atomic E-state index is 0.573. The molecule has 0 bridgehead atoms. The Balaban J connectivity index is 1.66. The molecule has 1 saturated heterocycles. The summed E-state index contributed by atoms with van der Waals surface area (Å²) in [6.45, 7) is 7.78. The number of piperazine rings is 1. The number of hydrogen-bond acceptors (Lipinski definition) is 3. The summed E-state index contributed by atoms with van der Waals surface area (Å²) < 4.78 is 2.03. The van der Waals surface area contributed by atoms with Crippen LogP contribution in [0, 0.1) is 0 Å². The largest absolute Gasteiger partial charge is 0.309 e. The van der Waals surface area contributed by atoms with Crippen LogP contribution in [0.25, 0.3) is 5.69 Å². The third-order valence-corrected chi connectivity index (χ3v) is 3.78. The smallest absolute Gasteiger partial charge is 0.0991 e. The van der Waals surface area contributed by atoms with Crippen molar-refractivity contribution in [3.63, 3.8) is 0 Å². The van der Waals surface area contributed by atoms with Crippen LogP contribution in [-0.2, 0) is 6.54 Å². The van der Waals surface area contributed by atoms with Crippen molar-refractivity contribution in [2.75, 3.05) is 13.1 Å². The topological polar surface area (TPSA) is 33.1 Å². The van der Waals surface area contributed by atoms with E-state index in [1.807, 2.05) is 17.1 Å². The van der Waals surface area contributed by atoms with E-state index in [4.69, 9.17) is 0 Å². The van der Waals surface area contributed by atoms with Crippen molar-refractivity contribution in [1.82, 2.24) is 19.8 Å². The van der Waals surface area contributed by atoms with Gasteiger partial charge in [-0.15, -0.1) is 0 Å². The van der Waals surface area contributed by atoms with E-state index < -0.39 is 0 Å². The molecule has 4 nitrogen and oxygen atoms in total. The highest BCUT2D eigenvalue weighted by molar-refractivity contribution is 5.34. The molecule has 0 saturated carbocycles. The average molecular weight is 270 g/mol. The van der Waals surface area contributed by atoms with Gasteiger partial charge in [-0.05, 0) is 31.5 Å². The lowest BCUT2D eigenvalue weighted by Crippen LogP contribution is -2.53. The number of benzene rings is 1. The third kappa shape index (κ3) is 3.08. The Bertz CT molecular complexity index is 522. The Labute approximate surface area is 120 Å². The highest BCUT2D eigenvalue weighted by Gasteiger charge is 2.20. The van der Waals surface area contributed by atoms with E-state index in [-0.39, 0.29) is 0 Å². The van der Waals surface area contributed by atoms with Gasteiger partial charge in [0.2, 0.25) is 0 Å².